The predicted molar refractivity (Wildman–Crippen MR) is 34.2 cm³/mol. The first-order valence-electron chi connectivity index (χ1n) is 3.03. The molecule has 1 aromatic heterocycles. The van der Waals surface area contributed by atoms with Gasteiger partial charge in [-0.25, -0.2) is 0 Å². The van der Waals surface area contributed by atoms with Gasteiger partial charge in [0.2, 0.25) is 0 Å². The normalized spacial score (nSPS) is 8.82. The van der Waals surface area contributed by atoms with Crippen molar-refractivity contribution in [3.63, 3.8) is 0 Å². The van der Waals surface area contributed by atoms with Crippen LogP contribution in [0.5, 0.6) is 0 Å². The Labute approximate surface area is 108 Å². The van der Waals surface area contributed by atoms with E-state index in [0.29, 0.717) is 0 Å². The molecule has 0 saturated heterocycles. The number of aliphatic carboxylic acids is 1. The molecule has 0 radical (unpaired) electrons. The summed E-state index contributed by atoms with van der Waals surface area (Å²) in [6, 6.07) is 1.83. The molecule has 11 heavy (non-hydrogen) atoms. The van der Waals surface area contributed by atoms with Gasteiger partial charge in [-0.1, -0.05) is 0 Å². The van der Waals surface area contributed by atoms with Crippen LogP contribution in [0.4, 0.5) is 0 Å². The van der Waals surface area contributed by atoms with Crippen LogP contribution in [0.1, 0.15) is 11.3 Å². The van der Waals surface area contributed by atoms with Crippen LogP contribution in [-0.4, -0.2) is 11.0 Å². The minimum atomic E-state index is -1.05. The monoisotopic (exact) mass is 177 g/mol. The second-order valence-electron chi connectivity index (χ2n) is 2.19. The molecule has 0 saturated carbocycles. The third kappa shape index (κ3) is 3.53. The molecular weight excluding hydrogens is 169 g/mol. The predicted octanol–water partition coefficient (Wildman–Crippen LogP) is -3.38. The fraction of sp³-hybridized carbons (Fsp3) is 0.286. The molecule has 0 aliphatic heterocycles. The second-order valence-corrected chi connectivity index (χ2v) is 2.19. The molecule has 54 valence electrons. The topological polar surface area (TPSA) is 55.9 Å². The van der Waals surface area contributed by atoms with Crippen molar-refractivity contribution in [2.24, 2.45) is 0 Å². The first kappa shape index (κ1) is 11.4. The van der Waals surface area contributed by atoms with Crippen LogP contribution in [0, 0.1) is 6.92 Å². The van der Waals surface area contributed by atoms with Gasteiger partial charge in [-0.3, -0.25) is 0 Å². The molecule has 4 heteroatoms. The van der Waals surface area contributed by atoms with Gasteiger partial charge in [-0.15, -0.1) is 0 Å². The molecule has 0 unspecified atom stereocenters. The smallest absolute Gasteiger partial charge is 0.550 e. The summed E-state index contributed by atoms with van der Waals surface area (Å²) >= 11 is 0. The van der Waals surface area contributed by atoms with Crippen molar-refractivity contribution >= 4 is 5.97 Å². The number of carbonyl (C=O) groups excluding carboxylic acids is 1. The maximum atomic E-state index is 10.1. The number of hydrogen-bond acceptors (Lipinski definition) is 2. The van der Waals surface area contributed by atoms with Gasteiger partial charge in [-0.2, -0.15) is 0 Å². The molecule has 1 aromatic rings. The summed E-state index contributed by atoms with van der Waals surface area (Å²) in [5.41, 5.74) is 1.68. The van der Waals surface area contributed by atoms with E-state index in [9.17, 15) is 9.90 Å². The van der Waals surface area contributed by atoms with Crippen molar-refractivity contribution in [2.45, 2.75) is 13.3 Å². The summed E-state index contributed by atoms with van der Waals surface area (Å²) < 4.78 is 0. The van der Waals surface area contributed by atoms with Crippen molar-refractivity contribution < 1.29 is 61.3 Å². The molecule has 0 aromatic carbocycles. The first-order valence-corrected chi connectivity index (χ1v) is 3.03. The number of aromatic nitrogens is 1. The van der Waals surface area contributed by atoms with Crippen LogP contribution in [0.15, 0.2) is 12.3 Å². The molecule has 0 aliphatic rings. The Hall–Kier alpha value is 0.386. The molecule has 1 rings (SSSR count). The Morgan fingerprint density at radius 2 is 2.36 bits per heavy atom. The summed E-state index contributed by atoms with van der Waals surface area (Å²) in [7, 11) is 0. The van der Waals surface area contributed by atoms with Gasteiger partial charge in [0.1, 0.15) is 0 Å². The number of carboxylic acids is 1. The van der Waals surface area contributed by atoms with Gasteiger partial charge in [0.25, 0.3) is 0 Å². The largest absolute Gasteiger partial charge is 1.00 e. The molecule has 3 nitrogen and oxygen atoms in total. The average Bonchev–Trinajstić information content (AvgIpc) is 2.15. The van der Waals surface area contributed by atoms with Gasteiger partial charge in [0, 0.05) is 24.3 Å². The second kappa shape index (κ2) is 5.11. The zero-order valence-corrected chi connectivity index (χ0v) is 9.80. The maximum Gasteiger partial charge on any atom is 1.00 e. The quantitative estimate of drug-likeness (QED) is 0.479. The van der Waals surface area contributed by atoms with Crippen LogP contribution >= 0.6 is 0 Å². The molecular formula is C7H8KNO2. The Kier molecular flexibility index (Phi) is 5.29. The number of carbonyl (C=O) groups is 1. The van der Waals surface area contributed by atoms with E-state index in [1.165, 1.54) is 0 Å². The zero-order valence-electron chi connectivity index (χ0n) is 6.68. The fourth-order valence-corrected chi connectivity index (χ4v) is 0.816. The summed E-state index contributed by atoms with van der Waals surface area (Å²) in [4.78, 5) is 12.9. The molecule has 0 atom stereocenters. The SMILES string of the molecule is Cc1cc[nH]c1CC(=O)[O-].[K+]. The fourth-order valence-electron chi connectivity index (χ4n) is 0.816. The van der Waals surface area contributed by atoms with Gasteiger partial charge in [0.15, 0.2) is 0 Å². The summed E-state index contributed by atoms with van der Waals surface area (Å²) in [5, 5.41) is 10.1. The van der Waals surface area contributed by atoms with Crippen molar-refractivity contribution in [2.75, 3.05) is 0 Å². The maximum absolute atomic E-state index is 10.1. The molecule has 0 spiro atoms. The van der Waals surface area contributed by atoms with Crippen LogP contribution in [-0.2, 0) is 11.2 Å². The third-order valence-corrected chi connectivity index (χ3v) is 1.39. The number of rotatable bonds is 2. The van der Waals surface area contributed by atoms with E-state index < -0.39 is 5.97 Å². The molecule has 0 bridgehead atoms. The molecule has 1 N–H and O–H groups in total. The number of carboxylic acid groups (broad SMARTS) is 1. The zero-order chi connectivity index (χ0) is 7.56. The Balaban J connectivity index is 0.000001000. The van der Waals surface area contributed by atoms with Crippen LogP contribution in [0.25, 0.3) is 0 Å². The van der Waals surface area contributed by atoms with E-state index in [1.807, 2.05) is 13.0 Å². The summed E-state index contributed by atoms with van der Waals surface area (Å²) in [6.45, 7) is 1.86. The van der Waals surface area contributed by atoms with E-state index in [1.54, 1.807) is 6.20 Å². The van der Waals surface area contributed by atoms with Crippen LogP contribution in [0.2, 0.25) is 0 Å². The number of aromatic amines is 1. The van der Waals surface area contributed by atoms with Crippen molar-refractivity contribution in [3.05, 3.63) is 23.5 Å². The van der Waals surface area contributed by atoms with E-state index >= 15 is 0 Å². The first-order chi connectivity index (χ1) is 4.70. The van der Waals surface area contributed by atoms with Crippen molar-refractivity contribution in [3.8, 4) is 0 Å². The number of hydrogen-bond donors (Lipinski definition) is 1. The van der Waals surface area contributed by atoms with Crippen molar-refractivity contribution in [1.82, 2.24) is 4.98 Å². The van der Waals surface area contributed by atoms with Gasteiger partial charge >= 0.3 is 51.4 Å². The average molecular weight is 177 g/mol. The summed E-state index contributed by atoms with van der Waals surface area (Å²) in [5.74, 6) is -1.05. The Morgan fingerprint density at radius 1 is 1.73 bits per heavy atom. The number of aryl methyl sites for hydroxylation is 1. The van der Waals surface area contributed by atoms with Gasteiger partial charge < -0.3 is 14.9 Å². The summed E-state index contributed by atoms with van der Waals surface area (Å²) in [6.07, 6.45) is 1.69. The van der Waals surface area contributed by atoms with E-state index in [2.05, 4.69) is 4.98 Å². The van der Waals surface area contributed by atoms with E-state index in [4.69, 9.17) is 0 Å². The minimum absolute atomic E-state index is 0. The van der Waals surface area contributed by atoms with Crippen LogP contribution < -0.4 is 56.5 Å². The molecule has 0 fully saturated rings. The molecule has 0 amide bonds. The van der Waals surface area contributed by atoms with E-state index in [-0.39, 0.29) is 57.8 Å². The molecule has 1 heterocycles. The third-order valence-electron chi connectivity index (χ3n) is 1.39. The Bertz CT molecular complexity index is 244. The number of H-pyrrole nitrogens is 1. The van der Waals surface area contributed by atoms with Gasteiger partial charge in [-0.05, 0) is 18.6 Å². The minimum Gasteiger partial charge on any atom is -0.550 e. The standard InChI is InChI=1S/C7H9NO2.K/c1-5-2-3-8-6(5)4-7(9)10;/h2-3,8H,4H2,1H3,(H,9,10);/q;+1/p-1. The molecule has 0 aliphatic carbocycles. The van der Waals surface area contributed by atoms with E-state index in [0.717, 1.165) is 11.3 Å². The Morgan fingerprint density at radius 3 is 2.73 bits per heavy atom. The van der Waals surface area contributed by atoms with Crippen molar-refractivity contribution in [1.29, 1.82) is 0 Å². The van der Waals surface area contributed by atoms with Crippen LogP contribution in [0.3, 0.4) is 0 Å². The number of nitrogens with one attached hydrogen (secondary N) is 1. The van der Waals surface area contributed by atoms with Gasteiger partial charge in [0.05, 0.1) is 0 Å².